The zero-order valence-electron chi connectivity index (χ0n) is 11.3. The summed E-state index contributed by atoms with van der Waals surface area (Å²) in [5, 5.41) is 2.81. The summed E-state index contributed by atoms with van der Waals surface area (Å²) in [6.07, 6.45) is 0.390. The first-order valence-corrected chi connectivity index (χ1v) is 7.25. The molecule has 1 fully saturated rings. The molecule has 1 N–H and O–H groups in total. The minimum Gasteiger partial charge on any atom is -0.468 e. The molecule has 1 atom stereocenters. The van der Waals surface area contributed by atoms with Gasteiger partial charge in [0.25, 0.3) is 0 Å². The fourth-order valence-electron chi connectivity index (χ4n) is 2.33. The Labute approximate surface area is 126 Å². The van der Waals surface area contributed by atoms with Crippen molar-refractivity contribution in [2.75, 3.05) is 26.7 Å². The van der Waals surface area contributed by atoms with Crippen LogP contribution in [0.3, 0.4) is 0 Å². The van der Waals surface area contributed by atoms with E-state index in [4.69, 9.17) is 4.74 Å². The third-order valence-corrected chi connectivity index (χ3v) is 3.79. The summed E-state index contributed by atoms with van der Waals surface area (Å²) < 4.78 is 5.84. The number of halogens is 1. The molecule has 1 aliphatic heterocycles. The molecule has 1 aromatic rings. The maximum atomic E-state index is 12.1. The van der Waals surface area contributed by atoms with Gasteiger partial charge in [0.15, 0.2) is 0 Å². The Balaban J connectivity index is 2.27. The first-order valence-electron chi connectivity index (χ1n) is 6.46. The van der Waals surface area contributed by atoms with Gasteiger partial charge in [-0.3, -0.25) is 9.69 Å². The van der Waals surface area contributed by atoms with E-state index in [1.165, 1.54) is 7.11 Å². The Hall–Kier alpha value is -1.40. The van der Waals surface area contributed by atoms with Crippen molar-refractivity contribution in [1.82, 2.24) is 10.2 Å². The number of methoxy groups -OCH3 is 1. The topological polar surface area (TPSA) is 58.6 Å². The summed E-state index contributed by atoms with van der Waals surface area (Å²) in [6.45, 7) is 1.70. The van der Waals surface area contributed by atoms with Gasteiger partial charge < -0.3 is 10.1 Å². The third kappa shape index (κ3) is 3.58. The van der Waals surface area contributed by atoms with Crippen molar-refractivity contribution < 1.29 is 14.3 Å². The van der Waals surface area contributed by atoms with E-state index in [9.17, 15) is 9.59 Å². The van der Waals surface area contributed by atoms with Crippen LogP contribution in [0.2, 0.25) is 0 Å². The maximum Gasteiger partial charge on any atom is 0.327 e. The van der Waals surface area contributed by atoms with Crippen LogP contribution in [0.25, 0.3) is 0 Å². The third-order valence-electron chi connectivity index (χ3n) is 3.30. The summed E-state index contributed by atoms with van der Waals surface area (Å²) in [6, 6.07) is 7.11. The normalized spacial score (nSPS) is 18.0. The Morgan fingerprint density at radius 1 is 1.45 bits per heavy atom. The van der Waals surface area contributed by atoms with E-state index in [1.807, 2.05) is 29.2 Å². The van der Waals surface area contributed by atoms with Gasteiger partial charge >= 0.3 is 5.97 Å². The molecule has 108 valence electrons. The van der Waals surface area contributed by atoms with Crippen molar-refractivity contribution in [2.45, 2.75) is 12.5 Å². The van der Waals surface area contributed by atoms with E-state index >= 15 is 0 Å². The van der Waals surface area contributed by atoms with Crippen LogP contribution in [0.15, 0.2) is 28.7 Å². The molecule has 20 heavy (non-hydrogen) atoms. The molecule has 0 unspecified atom stereocenters. The molecule has 0 aliphatic carbocycles. The highest BCUT2D eigenvalue weighted by Crippen LogP contribution is 2.25. The van der Waals surface area contributed by atoms with Gasteiger partial charge in [0, 0.05) is 30.5 Å². The predicted molar refractivity (Wildman–Crippen MR) is 78.1 cm³/mol. The zero-order valence-corrected chi connectivity index (χ0v) is 12.9. The second-order valence-electron chi connectivity index (χ2n) is 4.62. The number of hydrogen-bond acceptors (Lipinski definition) is 4. The summed E-state index contributed by atoms with van der Waals surface area (Å²) in [7, 11) is 1.38. The SMILES string of the molecule is COC(=O)[C@H](c1cccc(Br)c1)N1CCNC(=O)CC1. The van der Waals surface area contributed by atoms with Gasteiger partial charge in [-0.1, -0.05) is 28.1 Å². The van der Waals surface area contributed by atoms with Gasteiger partial charge in [-0.25, -0.2) is 4.79 Å². The van der Waals surface area contributed by atoms with Crippen LogP contribution >= 0.6 is 15.9 Å². The zero-order chi connectivity index (χ0) is 14.5. The summed E-state index contributed by atoms with van der Waals surface area (Å²) in [5.41, 5.74) is 0.862. The lowest BCUT2D eigenvalue weighted by molar-refractivity contribution is -0.147. The van der Waals surface area contributed by atoms with E-state index in [2.05, 4.69) is 21.2 Å². The molecule has 0 radical (unpaired) electrons. The molecule has 6 heteroatoms. The van der Waals surface area contributed by atoms with Gasteiger partial charge in [0.2, 0.25) is 5.91 Å². The minimum atomic E-state index is -0.481. The molecule has 1 aromatic carbocycles. The van der Waals surface area contributed by atoms with Gasteiger partial charge in [0.1, 0.15) is 6.04 Å². The van der Waals surface area contributed by atoms with Crippen molar-refractivity contribution in [3.63, 3.8) is 0 Å². The second kappa shape index (κ2) is 6.85. The van der Waals surface area contributed by atoms with E-state index in [-0.39, 0.29) is 11.9 Å². The van der Waals surface area contributed by atoms with E-state index in [0.29, 0.717) is 26.1 Å². The van der Waals surface area contributed by atoms with Crippen LogP contribution in [0.5, 0.6) is 0 Å². The number of amides is 1. The van der Waals surface area contributed by atoms with Gasteiger partial charge in [0.05, 0.1) is 7.11 Å². The number of hydrogen-bond donors (Lipinski definition) is 1. The van der Waals surface area contributed by atoms with Crippen molar-refractivity contribution in [1.29, 1.82) is 0 Å². The average Bonchev–Trinajstić information content (AvgIpc) is 2.64. The molecule has 1 amide bonds. The van der Waals surface area contributed by atoms with Gasteiger partial charge in [-0.15, -0.1) is 0 Å². The number of ether oxygens (including phenoxy) is 1. The van der Waals surface area contributed by atoms with Crippen molar-refractivity contribution in [2.24, 2.45) is 0 Å². The molecular weight excluding hydrogens is 324 g/mol. The van der Waals surface area contributed by atoms with E-state index in [1.54, 1.807) is 0 Å². The van der Waals surface area contributed by atoms with Crippen LogP contribution in [0, 0.1) is 0 Å². The number of carbonyl (C=O) groups is 2. The van der Waals surface area contributed by atoms with Crippen molar-refractivity contribution in [3.05, 3.63) is 34.3 Å². The van der Waals surface area contributed by atoms with Crippen LogP contribution in [-0.2, 0) is 14.3 Å². The van der Waals surface area contributed by atoms with Crippen LogP contribution in [0.1, 0.15) is 18.0 Å². The quantitative estimate of drug-likeness (QED) is 0.847. The molecule has 5 nitrogen and oxygen atoms in total. The molecule has 0 bridgehead atoms. The Morgan fingerprint density at radius 3 is 2.95 bits per heavy atom. The fourth-order valence-corrected chi connectivity index (χ4v) is 2.74. The lowest BCUT2D eigenvalue weighted by Gasteiger charge is -2.28. The highest BCUT2D eigenvalue weighted by molar-refractivity contribution is 9.10. The number of rotatable bonds is 3. The van der Waals surface area contributed by atoms with Crippen LogP contribution in [0.4, 0.5) is 0 Å². The highest BCUT2D eigenvalue weighted by atomic mass is 79.9. The molecule has 0 saturated carbocycles. The van der Waals surface area contributed by atoms with Crippen LogP contribution < -0.4 is 5.32 Å². The molecule has 0 spiro atoms. The second-order valence-corrected chi connectivity index (χ2v) is 5.53. The standard InChI is InChI=1S/C14H17BrN2O3/c1-20-14(19)13(10-3-2-4-11(15)9-10)17-7-5-12(18)16-6-8-17/h2-4,9,13H,5-8H2,1H3,(H,16,18)/t13-/m0/s1. The monoisotopic (exact) mass is 340 g/mol. The van der Waals surface area contributed by atoms with Crippen LogP contribution in [-0.4, -0.2) is 43.5 Å². The fraction of sp³-hybridized carbons (Fsp3) is 0.429. The van der Waals surface area contributed by atoms with E-state index in [0.717, 1.165) is 10.0 Å². The lowest BCUT2D eigenvalue weighted by Crippen LogP contribution is -2.37. The Kier molecular flexibility index (Phi) is 5.14. The molecule has 1 saturated heterocycles. The molecular formula is C14H17BrN2O3. The van der Waals surface area contributed by atoms with Gasteiger partial charge in [-0.2, -0.15) is 0 Å². The molecule has 0 aromatic heterocycles. The smallest absolute Gasteiger partial charge is 0.327 e. The van der Waals surface area contributed by atoms with Gasteiger partial charge in [-0.05, 0) is 17.7 Å². The Bertz CT molecular complexity index is 507. The number of nitrogens with one attached hydrogen (secondary N) is 1. The Morgan fingerprint density at radius 2 is 2.25 bits per heavy atom. The van der Waals surface area contributed by atoms with Crippen molar-refractivity contribution >= 4 is 27.8 Å². The lowest BCUT2D eigenvalue weighted by atomic mass is 10.1. The number of carbonyl (C=O) groups excluding carboxylic acids is 2. The number of esters is 1. The first kappa shape index (κ1) is 15.0. The first-order chi connectivity index (χ1) is 9.61. The van der Waals surface area contributed by atoms with Crippen molar-refractivity contribution in [3.8, 4) is 0 Å². The summed E-state index contributed by atoms with van der Waals surface area (Å²) in [5.74, 6) is -0.289. The molecule has 1 heterocycles. The molecule has 1 aliphatic rings. The highest BCUT2D eigenvalue weighted by Gasteiger charge is 2.30. The minimum absolute atomic E-state index is 0.0189. The maximum absolute atomic E-state index is 12.1. The average molecular weight is 341 g/mol. The van der Waals surface area contributed by atoms with E-state index < -0.39 is 6.04 Å². The summed E-state index contributed by atoms with van der Waals surface area (Å²) in [4.78, 5) is 25.5. The molecule has 2 rings (SSSR count). The predicted octanol–water partition coefficient (Wildman–Crippen LogP) is 1.49. The largest absolute Gasteiger partial charge is 0.468 e. The summed E-state index contributed by atoms with van der Waals surface area (Å²) >= 11 is 3.41. The number of benzene rings is 1. The number of nitrogens with zero attached hydrogens (tertiary/aromatic N) is 1.